The van der Waals surface area contributed by atoms with Crippen LogP contribution in [0, 0.1) is 12.4 Å². The smallest absolute Gasteiger partial charge is 0.188 e. The fourth-order valence-electron chi connectivity index (χ4n) is 3.11. The van der Waals surface area contributed by atoms with Gasteiger partial charge in [-0.05, 0) is 18.2 Å². The van der Waals surface area contributed by atoms with Gasteiger partial charge in [-0.2, -0.15) is 0 Å². The summed E-state index contributed by atoms with van der Waals surface area (Å²) in [7, 11) is 0. The van der Waals surface area contributed by atoms with E-state index in [1.807, 2.05) is 6.07 Å². The van der Waals surface area contributed by atoms with Gasteiger partial charge < -0.3 is 14.6 Å². The summed E-state index contributed by atoms with van der Waals surface area (Å²) in [5, 5.41) is 0.875. The number of rotatable bonds is 2. The van der Waals surface area contributed by atoms with E-state index >= 15 is 0 Å². The van der Waals surface area contributed by atoms with Crippen LogP contribution in [0.4, 0.5) is 15.8 Å². The molecule has 1 saturated heterocycles. The molecule has 0 unspecified atom stereocenters. The van der Waals surface area contributed by atoms with Crippen LogP contribution in [0.5, 0.6) is 0 Å². The van der Waals surface area contributed by atoms with Gasteiger partial charge in [0.15, 0.2) is 5.69 Å². The molecule has 6 heteroatoms. The number of benzene rings is 1. The molecule has 4 rings (SSSR count). The van der Waals surface area contributed by atoms with Crippen molar-refractivity contribution in [1.29, 1.82) is 0 Å². The lowest BCUT2D eigenvalue weighted by Gasteiger charge is -2.29. The van der Waals surface area contributed by atoms with Gasteiger partial charge in [-0.3, -0.25) is 0 Å². The molecule has 3 aromatic rings. The third kappa shape index (κ3) is 2.39. The Hall–Kier alpha value is -2.91. The Morgan fingerprint density at radius 2 is 2.04 bits per heavy atom. The van der Waals surface area contributed by atoms with E-state index in [0.29, 0.717) is 30.1 Å². The van der Waals surface area contributed by atoms with Gasteiger partial charge >= 0.3 is 0 Å². The molecule has 0 spiro atoms. The van der Waals surface area contributed by atoms with E-state index in [1.54, 1.807) is 18.5 Å². The minimum Gasteiger partial charge on any atom is -0.378 e. The van der Waals surface area contributed by atoms with Crippen molar-refractivity contribution in [2.45, 2.75) is 0 Å². The van der Waals surface area contributed by atoms with Crippen LogP contribution in [0.15, 0.2) is 36.7 Å². The average molecular weight is 322 g/mol. The highest BCUT2D eigenvalue weighted by Crippen LogP contribution is 2.37. The molecular weight excluding hydrogens is 307 g/mol. The Morgan fingerprint density at radius 1 is 1.21 bits per heavy atom. The maximum absolute atomic E-state index is 14.4. The molecule has 2 aromatic heterocycles. The van der Waals surface area contributed by atoms with Gasteiger partial charge in [0.1, 0.15) is 11.5 Å². The zero-order valence-electron chi connectivity index (χ0n) is 12.9. The molecule has 0 aliphatic carbocycles. The SMILES string of the molecule is [C-]#[N+]c1ccc(F)c(-c2c[nH]c3nccc(N4CCOCC4)c23)c1. The van der Waals surface area contributed by atoms with Crippen molar-refractivity contribution >= 4 is 22.4 Å². The number of pyridine rings is 1. The maximum atomic E-state index is 14.4. The predicted octanol–water partition coefficient (Wildman–Crippen LogP) is 3.76. The number of ether oxygens (including phenoxy) is 1. The number of morpholine rings is 1. The zero-order chi connectivity index (χ0) is 16.5. The highest BCUT2D eigenvalue weighted by molar-refractivity contribution is 6.03. The van der Waals surface area contributed by atoms with Crippen molar-refractivity contribution in [2.24, 2.45) is 0 Å². The van der Waals surface area contributed by atoms with E-state index < -0.39 is 0 Å². The fourth-order valence-corrected chi connectivity index (χ4v) is 3.11. The first-order valence-corrected chi connectivity index (χ1v) is 7.74. The van der Waals surface area contributed by atoms with Crippen LogP contribution in [0.25, 0.3) is 27.0 Å². The lowest BCUT2D eigenvalue weighted by atomic mass is 10.0. The maximum Gasteiger partial charge on any atom is 0.188 e. The van der Waals surface area contributed by atoms with E-state index in [9.17, 15) is 4.39 Å². The molecule has 0 atom stereocenters. The quantitative estimate of drug-likeness (QED) is 0.731. The first kappa shape index (κ1) is 14.7. The van der Waals surface area contributed by atoms with Crippen molar-refractivity contribution < 1.29 is 9.13 Å². The molecule has 1 aliphatic rings. The van der Waals surface area contributed by atoms with E-state index in [-0.39, 0.29) is 5.82 Å². The Labute approximate surface area is 138 Å². The fraction of sp³-hybridized carbons (Fsp3) is 0.222. The first-order chi connectivity index (χ1) is 11.8. The van der Waals surface area contributed by atoms with Gasteiger partial charge in [0.05, 0.1) is 25.5 Å². The van der Waals surface area contributed by atoms with Crippen LogP contribution in [-0.2, 0) is 4.74 Å². The van der Waals surface area contributed by atoms with Gasteiger partial charge in [-0.1, -0.05) is 6.07 Å². The molecular formula is C18H15FN4O. The summed E-state index contributed by atoms with van der Waals surface area (Å²) in [5.41, 5.74) is 3.27. The van der Waals surface area contributed by atoms with Gasteiger partial charge in [0, 0.05) is 42.0 Å². The minimum absolute atomic E-state index is 0.347. The second-order valence-electron chi connectivity index (χ2n) is 5.63. The van der Waals surface area contributed by atoms with E-state index in [4.69, 9.17) is 11.3 Å². The Bertz CT molecular complexity index is 938. The summed E-state index contributed by atoms with van der Waals surface area (Å²) in [6.45, 7) is 10.1. The normalized spacial score (nSPS) is 14.8. The largest absolute Gasteiger partial charge is 0.378 e. The molecule has 0 amide bonds. The standard InChI is InChI=1S/C18H15FN4O/c1-20-12-2-3-15(19)13(10-12)14-11-22-18-17(14)16(4-5-21-18)23-6-8-24-9-7-23/h2-5,10-11H,6-9H2,(H,21,22). The molecule has 1 N–H and O–H groups in total. The first-order valence-electron chi connectivity index (χ1n) is 7.74. The third-order valence-electron chi connectivity index (χ3n) is 4.27. The number of nitrogens with one attached hydrogen (secondary N) is 1. The summed E-state index contributed by atoms with van der Waals surface area (Å²) in [4.78, 5) is 13.1. The number of H-pyrrole nitrogens is 1. The molecule has 120 valence electrons. The molecule has 0 bridgehead atoms. The Balaban J connectivity index is 1.92. The van der Waals surface area contributed by atoms with Crippen molar-refractivity contribution in [3.63, 3.8) is 0 Å². The highest BCUT2D eigenvalue weighted by Gasteiger charge is 2.19. The second-order valence-corrected chi connectivity index (χ2v) is 5.63. The predicted molar refractivity (Wildman–Crippen MR) is 90.8 cm³/mol. The van der Waals surface area contributed by atoms with Crippen molar-refractivity contribution in [3.8, 4) is 11.1 Å². The van der Waals surface area contributed by atoms with Crippen molar-refractivity contribution in [1.82, 2.24) is 9.97 Å². The van der Waals surface area contributed by atoms with Crippen LogP contribution in [0.3, 0.4) is 0 Å². The number of fused-ring (bicyclic) bond motifs is 1. The number of nitrogens with zero attached hydrogens (tertiary/aromatic N) is 3. The van der Waals surface area contributed by atoms with Crippen LogP contribution >= 0.6 is 0 Å². The van der Waals surface area contributed by atoms with Crippen LogP contribution in [0.1, 0.15) is 0 Å². The number of aromatic nitrogens is 2. The van der Waals surface area contributed by atoms with E-state index in [0.717, 1.165) is 29.7 Å². The van der Waals surface area contributed by atoms with Crippen LogP contribution in [0.2, 0.25) is 0 Å². The summed E-state index contributed by atoms with van der Waals surface area (Å²) < 4.78 is 19.8. The highest BCUT2D eigenvalue weighted by atomic mass is 19.1. The van der Waals surface area contributed by atoms with Gasteiger partial charge in [-0.25, -0.2) is 14.2 Å². The molecule has 0 saturated carbocycles. The average Bonchev–Trinajstić information content (AvgIpc) is 3.07. The summed E-state index contributed by atoms with van der Waals surface area (Å²) in [5.74, 6) is -0.347. The molecule has 1 aliphatic heterocycles. The lowest BCUT2D eigenvalue weighted by molar-refractivity contribution is 0.123. The lowest BCUT2D eigenvalue weighted by Crippen LogP contribution is -2.36. The van der Waals surface area contributed by atoms with Gasteiger partial charge in [0.2, 0.25) is 0 Å². The summed E-state index contributed by atoms with van der Waals surface area (Å²) >= 11 is 0. The van der Waals surface area contributed by atoms with Gasteiger partial charge in [-0.15, -0.1) is 0 Å². The van der Waals surface area contributed by atoms with Crippen molar-refractivity contribution in [2.75, 3.05) is 31.2 Å². The topological polar surface area (TPSA) is 45.5 Å². The van der Waals surface area contributed by atoms with Gasteiger partial charge in [0.25, 0.3) is 0 Å². The Kier molecular flexibility index (Phi) is 3.63. The molecule has 1 fully saturated rings. The molecule has 24 heavy (non-hydrogen) atoms. The van der Waals surface area contributed by atoms with E-state index in [1.165, 1.54) is 12.1 Å². The van der Waals surface area contributed by atoms with Crippen LogP contribution < -0.4 is 4.90 Å². The van der Waals surface area contributed by atoms with Crippen LogP contribution in [-0.4, -0.2) is 36.3 Å². The molecule has 5 nitrogen and oxygen atoms in total. The molecule has 1 aromatic carbocycles. The number of anilines is 1. The Morgan fingerprint density at radius 3 is 2.83 bits per heavy atom. The molecule has 0 radical (unpaired) electrons. The van der Waals surface area contributed by atoms with Crippen molar-refractivity contribution in [3.05, 3.63) is 53.9 Å². The third-order valence-corrected chi connectivity index (χ3v) is 4.27. The minimum atomic E-state index is -0.347. The monoisotopic (exact) mass is 322 g/mol. The summed E-state index contributed by atoms with van der Waals surface area (Å²) in [6, 6.07) is 6.36. The zero-order valence-corrected chi connectivity index (χ0v) is 12.9. The number of halogens is 1. The second kappa shape index (κ2) is 5.95. The number of hydrogen-bond donors (Lipinski definition) is 1. The summed E-state index contributed by atoms with van der Waals surface area (Å²) in [6.07, 6.45) is 3.51. The number of hydrogen-bond acceptors (Lipinski definition) is 3. The van der Waals surface area contributed by atoms with E-state index in [2.05, 4.69) is 19.7 Å². The molecule has 3 heterocycles. The number of aromatic amines is 1.